The molecule has 4 rings (SSSR count). The molecule has 1 fully saturated rings. The number of halogens is 1. The predicted octanol–water partition coefficient (Wildman–Crippen LogP) is 4.67. The largest absolute Gasteiger partial charge is 0.326 e. The van der Waals surface area contributed by atoms with Gasteiger partial charge in [0.15, 0.2) is 5.13 Å². The zero-order valence-corrected chi connectivity index (χ0v) is 17.1. The summed E-state index contributed by atoms with van der Waals surface area (Å²) >= 11 is 8.93. The first-order chi connectivity index (χ1) is 13.1. The van der Waals surface area contributed by atoms with Crippen LogP contribution in [0.4, 0.5) is 5.13 Å². The Hall–Kier alpha value is -1.96. The molecular weight excluding hydrogens is 402 g/mol. The van der Waals surface area contributed by atoms with Crippen molar-refractivity contribution in [2.24, 2.45) is 0 Å². The fraction of sp³-hybridized carbons (Fsp3) is 0.316. The summed E-state index contributed by atoms with van der Waals surface area (Å²) in [5.41, 5.74) is 0.784. The molecule has 0 bridgehead atoms. The van der Waals surface area contributed by atoms with Crippen LogP contribution >= 0.6 is 34.3 Å². The van der Waals surface area contributed by atoms with E-state index in [1.54, 1.807) is 15.9 Å². The van der Waals surface area contributed by atoms with Gasteiger partial charge >= 0.3 is 0 Å². The molecule has 1 aliphatic rings. The molecule has 0 saturated carbocycles. The Kier molecular flexibility index (Phi) is 5.16. The minimum atomic E-state index is -0.435. The molecular formula is C19H18ClN3O2S2. The van der Waals surface area contributed by atoms with E-state index < -0.39 is 6.04 Å². The molecule has 1 atom stereocenters. The highest BCUT2D eigenvalue weighted by molar-refractivity contribution is 7.22. The maximum absolute atomic E-state index is 13.3. The summed E-state index contributed by atoms with van der Waals surface area (Å²) in [5, 5.41) is 3.15. The fourth-order valence-corrected chi connectivity index (χ4v) is 5.24. The van der Waals surface area contributed by atoms with E-state index >= 15 is 0 Å². The Morgan fingerprint density at radius 1 is 1.37 bits per heavy atom. The predicted molar refractivity (Wildman–Crippen MR) is 111 cm³/mol. The zero-order valence-electron chi connectivity index (χ0n) is 14.7. The molecule has 0 spiro atoms. The zero-order chi connectivity index (χ0) is 19.0. The number of rotatable bonds is 4. The highest BCUT2D eigenvalue weighted by Gasteiger charge is 2.38. The second kappa shape index (κ2) is 7.58. The molecule has 2 aromatic heterocycles. The average Bonchev–Trinajstić information content (AvgIpc) is 3.41. The smallest absolute Gasteiger partial charge is 0.264 e. The lowest BCUT2D eigenvalue weighted by atomic mass is 10.2. The minimum Gasteiger partial charge on any atom is -0.326 e. The fourth-order valence-electron chi connectivity index (χ4n) is 3.38. The lowest BCUT2D eigenvalue weighted by molar-refractivity contribution is -0.122. The number of likely N-dealkylation sites (N-methyl/N-ethyl adjacent to an activating group) is 1. The normalized spacial score (nSPS) is 16.8. The van der Waals surface area contributed by atoms with E-state index in [1.165, 1.54) is 22.7 Å². The Balaban J connectivity index is 1.61. The second-order valence-electron chi connectivity index (χ2n) is 6.32. The molecule has 5 nitrogen and oxygen atoms in total. The van der Waals surface area contributed by atoms with Gasteiger partial charge in [0.1, 0.15) is 6.04 Å². The van der Waals surface area contributed by atoms with E-state index in [0.717, 1.165) is 16.6 Å². The van der Waals surface area contributed by atoms with Gasteiger partial charge < -0.3 is 4.90 Å². The van der Waals surface area contributed by atoms with Crippen LogP contribution in [0.15, 0.2) is 35.7 Å². The van der Waals surface area contributed by atoms with E-state index in [4.69, 9.17) is 11.6 Å². The summed E-state index contributed by atoms with van der Waals surface area (Å²) in [7, 11) is 0. The number of hydrogen-bond acceptors (Lipinski definition) is 5. The maximum Gasteiger partial charge on any atom is 0.264 e. The standard InChI is InChI=1S/C19H18ClN3O2S2/c1-2-22(19-21-13-11-12(20)7-8-15(13)27-19)17(24)14-5-3-9-23(14)18(25)16-6-4-10-26-16/h4,6-8,10-11,14H,2-3,5,9H2,1H3/t14-/m1/s1. The van der Waals surface area contributed by atoms with E-state index in [1.807, 2.05) is 36.6 Å². The first kappa shape index (κ1) is 18.4. The molecule has 8 heteroatoms. The van der Waals surface area contributed by atoms with Crippen LogP contribution in [-0.4, -0.2) is 40.8 Å². The Bertz CT molecular complexity index is 986. The average molecular weight is 420 g/mol. The van der Waals surface area contributed by atoms with Crippen LogP contribution in [0.1, 0.15) is 29.4 Å². The quantitative estimate of drug-likeness (QED) is 0.617. The van der Waals surface area contributed by atoms with Crippen molar-refractivity contribution in [1.29, 1.82) is 0 Å². The van der Waals surface area contributed by atoms with Gasteiger partial charge in [-0.2, -0.15) is 0 Å². The molecule has 3 heterocycles. The van der Waals surface area contributed by atoms with E-state index in [9.17, 15) is 9.59 Å². The van der Waals surface area contributed by atoms with Gasteiger partial charge in [0, 0.05) is 18.1 Å². The summed E-state index contributed by atoms with van der Waals surface area (Å²) in [6.45, 7) is 3.04. The van der Waals surface area contributed by atoms with Crippen molar-refractivity contribution >= 4 is 61.4 Å². The number of thiazole rings is 1. The number of nitrogens with zero attached hydrogens (tertiary/aromatic N) is 3. The van der Waals surface area contributed by atoms with E-state index in [2.05, 4.69) is 4.98 Å². The van der Waals surface area contributed by atoms with Crippen LogP contribution in [0.5, 0.6) is 0 Å². The number of carbonyl (C=O) groups is 2. The van der Waals surface area contributed by atoms with Gasteiger partial charge in [-0.3, -0.25) is 14.5 Å². The molecule has 0 N–H and O–H groups in total. The number of fused-ring (bicyclic) bond motifs is 1. The summed E-state index contributed by atoms with van der Waals surface area (Å²) in [5.74, 6) is -0.127. The Morgan fingerprint density at radius 2 is 2.22 bits per heavy atom. The minimum absolute atomic E-state index is 0.0621. The van der Waals surface area contributed by atoms with E-state index in [-0.39, 0.29) is 11.8 Å². The monoisotopic (exact) mass is 419 g/mol. The number of anilines is 1. The van der Waals surface area contributed by atoms with Crippen molar-refractivity contribution in [3.63, 3.8) is 0 Å². The van der Waals surface area contributed by atoms with Crippen LogP contribution < -0.4 is 4.90 Å². The molecule has 1 aliphatic heterocycles. The van der Waals surface area contributed by atoms with Crippen molar-refractivity contribution in [2.45, 2.75) is 25.8 Å². The van der Waals surface area contributed by atoms with Gasteiger partial charge in [-0.15, -0.1) is 11.3 Å². The third-order valence-electron chi connectivity index (χ3n) is 4.68. The number of hydrogen-bond donors (Lipinski definition) is 0. The number of amides is 2. The highest BCUT2D eigenvalue weighted by Crippen LogP contribution is 2.32. The molecule has 2 amide bonds. The molecule has 1 saturated heterocycles. The van der Waals surface area contributed by atoms with Gasteiger partial charge in [0.05, 0.1) is 15.1 Å². The van der Waals surface area contributed by atoms with Crippen molar-refractivity contribution in [2.75, 3.05) is 18.0 Å². The number of thiophene rings is 1. The van der Waals surface area contributed by atoms with Crippen molar-refractivity contribution in [3.05, 3.63) is 45.6 Å². The Morgan fingerprint density at radius 3 is 2.96 bits per heavy atom. The third kappa shape index (κ3) is 3.47. The molecule has 140 valence electrons. The SMILES string of the molecule is CCN(C(=O)[C@H]1CCCN1C(=O)c1cccs1)c1nc2cc(Cl)ccc2s1. The lowest BCUT2D eigenvalue weighted by Gasteiger charge is -2.28. The van der Waals surface area contributed by atoms with Crippen LogP contribution in [0.2, 0.25) is 5.02 Å². The van der Waals surface area contributed by atoms with Crippen LogP contribution in [0.25, 0.3) is 10.2 Å². The first-order valence-electron chi connectivity index (χ1n) is 8.80. The molecule has 0 unspecified atom stereocenters. The lowest BCUT2D eigenvalue weighted by Crippen LogP contribution is -2.47. The van der Waals surface area contributed by atoms with Crippen molar-refractivity contribution < 1.29 is 9.59 Å². The van der Waals surface area contributed by atoms with Gasteiger partial charge in [-0.25, -0.2) is 4.98 Å². The van der Waals surface area contributed by atoms with E-state index in [0.29, 0.717) is 34.5 Å². The second-order valence-corrected chi connectivity index (χ2v) is 8.72. The van der Waals surface area contributed by atoms with Crippen LogP contribution in [-0.2, 0) is 4.79 Å². The first-order valence-corrected chi connectivity index (χ1v) is 10.9. The summed E-state index contributed by atoms with van der Waals surface area (Å²) in [6, 6.07) is 8.77. The molecule has 1 aromatic carbocycles. The maximum atomic E-state index is 13.3. The molecule has 0 radical (unpaired) electrons. The van der Waals surface area contributed by atoms with Gasteiger partial charge in [-0.1, -0.05) is 29.0 Å². The number of likely N-dealkylation sites (tertiary alicyclic amines) is 1. The van der Waals surface area contributed by atoms with Gasteiger partial charge in [0.25, 0.3) is 11.8 Å². The van der Waals surface area contributed by atoms with Crippen molar-refractivity contribution in [3.8, 4) is 0 Å². The number of benzene rings is 1. The van der Waals surface area contributed by atoms with Crippen molar-refractivity contribution in [1.82, 2.24) is 9.88 Å². The highest BCUT2D eigenvalue weighted by atomic mass is 35.5. The van der Waals surface area contributed by atoms with Gasteiger partial charge in [0.2, 0.25) is 0 Å². The molecule has 0 aliphatic carbocycles. The Labute approximate surface area is 170 Å². The topological polar surface area (TPSA) is 53.5 Å². The summed E-state index contributed by atoms with van der Waals surface area (Å²) in [4.78, 5) is 34.7. The molecule has 3 aromatic rings. The number of carbonyl (C=O) groups excluding carboxylic acids is 2. The summed E-state index contributed by atoms with van der Waals surface area (Å²) < 4.78 is 0.985. The third-order valence-corrected chi connectivity index (χ3v) is 6.83. The molecule has 27 heavy (non-hydrogen) atoms. The van der Waals surface area contributed by atoms with Crippen LogP contribution in [0.3, 0.4) is 0 Å². The van der Waals surface area contributed by atoms with Gasteiger partial charge in [-0.05, 0) is 49.4 Å². The number of aromatic nitrogens is 1. The summed E-state index contributed by atoms with van der Waals surface area (Å²) in [6.07, 6.45) is 1.52. The van der Waals surface area contributed by atoms with Crippen LogP contribution in [0, 0.1) is 0 Å².